The maximum Gasteiger partial charge on any atom is 0.0640 e. The standard InChI is InChI=1S/C17H33N3/c1-5-9-10-11-15(18-8-4)14-16-12-13-20(19-16)17(6-2)7-3/h12-13,15,17-18H,5-11,14H2,1-4H3. The molecule has 0 saturated heterocycles. The third-order valence-electron chi connectivity index (χ3n) is 4.08. The molecule has 0 spiro atoms. The Hall–Kier alpha value is -0.830. The van der Waals surface area contributed by atoms with Crippen molar-refractivity contribution in [3.8, 4) is 0 Å². The number of rotatable bonds is 11. The van der Waals surface area contributed by atoms with Gasteiger partial charge in [-0.1, -0.05) is 47.0 Å². The smallest absolute Gasteiger partial charge is 0.0640 e. The van der Waals surface area contributed by atoms with E-state index in [9.17, 15) is 0 Å². The molecule has 0 aliphatic heterocycles. The molecule has 1 aromatic rings. The zero-order valence-electron chi connectivity index (χ0n) is 13.9. The summed E-state index contributed by atoms with van der Waals surface area (Å²) in [5, 5.41) is 8.39. The van der Waals surface area contributed by atoms with Crippen molar-refractivity contribution in [3.63, 3.8) is 0 Å². The molecular weight excluding hydrogens is 246 g/mol. The van der Waals surface area contributed by atoms with Crippen LogP contribution in [-0.2, 0) is 6.42 Å². The lowest BCUT2D eigenvalue weighted by Gasteiger charge is -2.17. The Morgan fingerprint density at radius 3 is 2.50 bits per heavy atom. The minimum atomic E-state index is 0.557. The Balaban J connectivity index is 2.54. The summed E-state index contributed by atoms with van der Waals surface area (Å²) < 4.78 is 2.16. The van der Waals surface area contributed by atoms with Gasteiger partial charge in [-0.2, -0.15) is 5.10 Å². The number of likely N-dealkylation sites (N-methyl/N-ethyl adjacent to an activating group) is 1. The zero-order valence-corrected chi connectivity index (χ0v) is 13.9. The second-order valence-electron chi connectivity index (χ2n) is 5.71. The van der Waals surface area contributed by atoms with E-state index in [-0.39, 0.29) is 0 Å². The third kappa shape index (κ3) is 5.66. The van der Waals surface area contributed by atoms with Gasteiger partial charge in [0.05, 0.1) is 11.7 Å². The van der Waals surface area contributed by atoms with Gasteiger partial charge in [-0.25, -0.2) is 0 Å². The van der Waals surface area contributed by atoms with Crippen LogP contribution in [0.15, 0.2) is 12.3 Å². The highest BCUT2D eigenvalue weighted by molar-refractivity contribution is 5.02. The fourth-order valence-electron chi connectivity index (χ4n) is 2.81. The van der Waals surface area contributed by atoms with Gasteiger partial charge in [0, 0.05) is 18.7 Å². The topological polar surface area (TPSA) is 29.9 Å². The van der Waals surface area contributed by atoms with E-state index >= 15 is 0 Å². The molecule has 0 bridgehead atoms. The Morgan fingerprint density at radius 2 is 1.90 bits per heavy atom. The van der Waals surface area contributed by atoms with Crippen LogP contribution in [0.3, 0.4) is 0 Å². The van der Waals surface area contributed by atoms with E-state index in [1.807, 2.05) is 0 Å². The molecule has 1 rings (SSSR count). The molecule has 1 atom stereocenters. The molecule has 116 valence electrons. The van der Waals surface area contributed by atoms with Crippen molar-refractivity contribution >= 4 is 0 Å². The number of nitrogens with zero attached hydrogens (tertiary/aromatic N) is 2. The van der Waals surface area contributed by atoms with Crippen molar-refractivity contribution in [2.24, 2.45) is 0 Å². The summed E-state index contributed by atoms with van der Waals surface area (Å²) in [6.07, 6.45) is 10.7. The minimum Gasteiger partial charge on any atom is -0.314 e. The van der Waals surface area contributed by atoms with Crippen LogP contribution in [0.4, 0.5) is 0 Å². The van der Waals surface area contributed by atoms with Crippen LogP contribution in [-0.4, -0.2) is 22.4 Å². The van der Waals surface area contributed by atoms with Crippen molar-refractivity contribution < 1.29 is 0 Å². The number of unbranched alkanes of at least 4 members (excludes halogenated alkanes) is 2. The molecule has 1 N–H and O–H groups in total. The van der Waals surface area contributed by atoms with Crippen LogP contribution in [0.25, 0.3) is 0 Å². The lowest BCUT2D eigenvalue weighted by molar-refractivity contribution is 0.418. The Morgan fingerprint density at radius 1 is 1.15 bits per heavy atom. The van der Waals surface area contributed by atoms with Crippen molar-refractivity contribution in [1.29, 1.82) is 0 Å². The van der Waals surface area contributed by atoms with E-state index in [0.29, 0.717) is 12.1 Å². The summed E-state index contributed by atoms with van der Waals surface area (Å²) in [6.45, 7) is 9.97. The van der Waals surface area contributed by atoms with Gasteiger partial charge in [0.25, 0.3) is 0 Å². The number of nitrogens with one attached hydrogen (secondary N) is 1. The maximum absolute atomic E-state index is 4.78. The minimum absolute atomic E-state index is 0.557. The second kappa shape index (κ2) is 9.98. The molecule has 0 radical (unpaired) electrons. The summed E-state index contributed by atoms with van der Waals surface area (Å²) >= 11 is 0. The zero-order chi connectivity index (χ0) is 14.8. The monoisotopic (exact) mass is 279 g/mol. The quantitative estimate of drug-likeness (QED) is 0.610. The van der Waals surface area contributed by atoms with Gasteiger partial charge >= 0.3 is 0 Å². The first-order chi connectivity index (χ1) is 9.74. The maximum atomic E-state index is 4.78. The van der Waals surface area contributed by atoms with Gasteiger partial charge in [-0.05, 0) is 31.9 Å². The largest absolute Gasteiger partial charge is 0.314 e. The first kappa shape index (κ1) is 17.2. The molecule has 0 saturated carbocycles. The van der Waals surface area contributed by atoms with E-state index in [1.54, 1.807) is 0 Å². The number of hydrogen-bond acceptors (Lipinski definition) is 2. The van der Waals surface area contributed by atoms with Gasteiger partial charge in [0.1, 0.15) is 0 Å². The van der Waals surface area contributed by atoms with Crippen molar-refractivity contribution in [2.75, 3.05) is 6.54 Å². The number of aromatic nitrogens is 2. The van der Waals surface area contributed by atoms with Crippen LogP contribution in [0.2, 0.25) is 0 Å². The Labute approximate surface area is 125 Å². The summed E-state index contributed by atoms with van der Waals surface area (Å²) in [7, 11) is 0. The van der Waals surface area contributed by atoms with Crippen LogP contribution in [0.5, 0.6) is 0 Å². The third-order valence-corrected chi connectivity index (χ3v) is 4.08. The molecule has 0 aliphatic rings. The van der Waals surface area contributed by atoms with Gasteiger partial charge in [-0.3, -0.25) is 4.68 Å². The molecule has 20 heavy (non-hydrogen) atoms. The van der Waals surface area contributed by atoms with Crippen LogP contribution < -0.4 is 5.32 Å². The average Bonchev–Trinajstić information content (AvgIpc) is 2.89. The second-order valence-corrected chi connectivity index (χ2v) is 5.71. The molecule has 0 amide bonds. The molecule has 3 nitrogen and oxygen atoms in total. The SMILES string of the molecule is CCCCCC(Cc1ccn(C(CC)CC)n1)NCC. The molecule has 0 aliphatic carbocycles. The molecule has 1 heterocycles. The van der Waals surface area contributed by atoms with E-state index in [4.69, 9.17) is 5.10 Å². The lowest BCUT2D eigenvalue weighted by Crippen LogP contribution is -2.31. The van der Waals surface area contributed by atoms with Crippen molar-refractivity contribution in [1.82, 2.24) is 15.1 Å². The first-order valence-corrected chi connectivity index (χ1v) is 8.52. The summed E-state index contributed by atoms with van der Waals surface area (Å²) in [4.78, 5) is 0. The van der Waals surface area contributed by atoms with E-state index in [0.717, 1.165) is 25.8 Å². The van der Waals surface area contributed by atoms with Crippen LogP contribution in [0.1, 0.15) is 78.0 Å². The summed E-state index contributed by atoms with van der Waals surface area (Å²) in [5.74, 6) is 0. The Bertz CT molecular complexity index is 342. The molecule has 0 aromatic carbocycles. The van der Waals surface area contributed by atoms with Gasteiger partial charge < -0.3 is 5.32 Å². The highest BCUT2D eigenvalue weighted by Crippen LogP contribution is 2.16. The summed E-state index contributed by atoms with van der Waals surface area (Å²) in [5.41, 5.74) is 1.24. The molecular formula is C17H33N3. The molecule has 1 aromatic heterocycles. The lowest BCUT2D eigenvalue weighted by atomic mass is 10.0. The molecule has 3 heteroatoms. The van der Waals surface area contributed by atoms with Gasteiger partial charge in [-0.15, -0.1) is 0 Å². The summed E-state index contributed by atoms with van der Waals surface area (Å²) in [6, 6.07) is 3.33. The average molecular weight is 279 g/mol. The predicted octanol–water partition coefficient (Wildman–Crippen LogP) is 4.35. The van der Waals surface area contributed by atoms with Crippen LogP contribution in [0, 0.1) is 0 Å². The number of hydrogen-bond donors (Lipinski definition) is 1. The molecule has 0 fully saturated rings. The van der Waals surface area contributed by atoms with Crippen molar-refractivity contribution in [2.45, 2.75) is 84.7 Å². The van der Waals surface area contributed by atoms with E-state index < -0.39 is 0 Å². The van der Waals surface area contributed by atoms with E-state index in [2.05, 4.69) is 50.0 Å². The normalized spacial score (nSPS) is 13.1. The highest BCUT2D eigenvalue weighted by Gasteiger charge is 2.12. The van der Waals surface area contributed by atoms with Gasteiger partial charge in [0.15, 0.2) is 0 Å². The van der Waals surface area contributed by atoms with Gasteiger partial charge in [0.2, 0.25) is 0 Å². The van der Waals surface area contributed by atoms with Crippen LogP contribution >= 0.6 is 0 Å². The fourth-order valence-corrected chi connectivity index (χ4v) is 2.81. The Kier molecular flexibility index (Phi) is 8.59. The fraction of sp³-hybridized carbons (Fsp3) is 0.824. The first-order valence-electron chi connectivity index (χ1n) is 8.52. The highest BCUT2D eigenvalue weighted by atomic mass is 15.3. The molecule has 1 unspecified atom stereocenters. The van der Waals surface area contributed by atoms with Crippen molar-refractivity contribution in [3.05, 3.63) is 18.0 Å². The van der Waals surface area contributed by atoms with E-state index in [1.165, 1.54) is 31.4 Å². The predicted molar refractivity (Wildman–Crippen MR) is 87.2 cm³/mol.